The van der Waals surface area contributed by atoms with Gasteiger partial charge in [0.05, 0.1) is 0 Å². The van der Waals surface area contributed by atoms with Crippen LogP contribution in [0, 0.1) is 5.92 Å². The van der Waals surface area contributed by atoms with Gasteiger partial charge < -0.3 is 15.5 Å². The van der Waals surface area contributed by atoms with Gasteiger partial charge in [-0.1, -0.05) is 20.3 Å². The third kappa shape index (κ3) is 5.68. The molecule has 1 aliphatic rings. The molecule has 1 saturated heterocycles. The predicted octanol–water partition coefficient (Wildman–Crippen LogP) is 2.17. The predicted molar refractivity (Wildman–Crippen MR) is 79.8 cm³/mol. The molecule has 0 radical (unpaired) electrons. The fraction of sp³-hybridized carbons (Fsp3) is 1.00. The van der Waals surface area contributed by atoms with E-state index in [1.807, 2.05) is 0 Å². The van der Waals surface area contributed by atoms with Gasteiger partial charge in [-0.3, -0.25) is 0 Å². The van der Waals surface area contributed by atoms with Crippen molar-refractivity contribution in [2.45, 2.75) is 58.0 Å². The second-order valence-electron chi connectivity index (χ2n) is 6.42. The molecule has 2 unspecified atom stereocenters. The van der Waals surface area contributed by atoms with Gasteiger partial charge in [-0.15, -0.1) is 0 Å². The van der Waals surface area contributed by atoms with Crippen LogP contribution in [0.25, 0.3) is 0 Å². The molecule has 0 amide bonds. The Morgan fingerprint density at radius 3 is 2.61 bits per heavy atom. The van der Waals surface area contributed by atoms with Crippen LogP contribution >= 0.6 is 0 Å². The van der Waals surface area contributed by atoms with Crippen molar-refractivity contribution < 1.29 is 0 Å². The lowest BCUT2D eigenvalue weighted by molar-refractivity contribution is 0.159. The lowest BCUT2D eigenvalue weighted by atomic mass is 9.99. The monoisotopic (exact) mass is 255 g/mol. The molecule has 0 aromatic heterocycles. The van der Waals surface area contributed by atoms with E-state index >= 15 is 0 Å². The molecule has 0 bridgehead atoms. The molecule has 2 atom stereocenters. The topological polar surface area (TPSA) is 32.5 Å². The van der Waals surface area contributed by atoms with Gasteiger partial charge >= 0.3 is 0 Å². The second-order valence-corrected chi connectivity index (χ2v) is 6.42. The Morgan fingerprint density at radius 1 is 1.28 bits per heavy atom. The zero-order valence-corrected chi connectivity index (χ0v) is 12.9. The molecule has 3 heteroatoms. The van der Waals surface area contributed by atoms with E-state index in [0.29, 0.717) is 12.0 Å². The van der Waals surface area contributed by atoms with Crippen LogP contribution in [0.2, 0.25) is 0 Å². The summed E-state index contributed by atoms with van der Waals surface area (Å²) in [6.07, 6.45) is 6.61. The van der Waals surface area contributed by atoms with Gasteiger partial charge in [-0.05, 0) is 65.3 Å². The molecule has 1 rings (SSSR count). The minimum Gasteiger partial charge on any atom is -0.327 e. The minimum atomic E-state index is 0.352. The fourth-order valence-corrected chi connectivity index (χ4v) is 2.69. The molecule has 0 spiro atoms. The van der Waals surface area contributed by atoms with Crippen molar-refractivity contribution in [3.05, 3.63) is 0 Å². The molecule has 108 valence electrons. The van der Waals surface area contributed by atoms with E-state index in [-0.39, 0.29) is 0 Å². The number of piperidine rings is 1. The first kappa shape index (κ1) is 15.9. The van der Waals surface area contributed by atoms with Gasteiger partial charge in [0, 0.05) is 12.1 Å². The van der Waals surface area contributed by atoms with Crippen molar-refractivity contribution in [1.82, 2.24) is 9.80 Å². The Bertz CT molecular complexity index is 218. The van der Waals surface area contributed by atoms with E-state index in [4.69, 9.17) is 5.73 Å². The standard InChI is InChI=1S/C15H33N3/c1-13(2)15(16)9-12-17(3)11-8-14-7-5-6-10-18(14)4/h13-15H,5-12,16H2,1-4H3. The molecule has 1 aliphatic heterocycles. The highest BCUT2D eigenvalue weighted by molar-refractivity contribution is 4.75. The smallest absolute Gasteiger partial charge is 0.0104 e. The highest BCUT2D eigenvalue weighted by atomic mass is 15.1. The molecule has 0 aliphatic carbocycles. The van der Waals surface area contributed by atoms with Crippen LogP contribution in [-0.2, 0) is 0 Å². The third-order valence-electron chi connectivity index (χ3n) is 4.47. The third-order valence-corrected chi connectivity index (χ3v) is 4.47. The number of likely N-dealkylation sites (tertiary alicyclic amines) is 1. The Kier molecular flexibility index (Phi) is 7.20. The molecule has 0 aromatic rings. The number of nitrogens with two attached hydrogens (primary N) is 1. The first-order valence-corrected chi connectivity index (χ1v) is 7.65. The maximum atomic E-state index is 6.09. The Balaban J connectivity index is 2.14. The van der Waals surface area contributed by atoms with Crippen molar-refractivity contribution in [2.75, 3.05) is 33.7 Å². The summed E-state index contributed by atoms with van der Waals surface area (Å²) in [6.45, 7) is 8.05. The van der Waals surface area contributed by atoms with Crippen molar-refractivity contribution >= 4 is 0 Å². The average Bonchev–Trinajstić information content (AvgIpc) is 2.34. The minimum absolute atomic E-state index is 0.352. The van der Waals surface area contributed by atoms with Crippen LogP contribution in [0.5, 0.6) is 0 Å². The summed E-state index contributed by atoms with van der Waals surface area (Å²) in [5.74, 6) is 0.600. The van der Waals surface area contributed by atoms with Crippen LogP contribution in [0.4, 0.5) is 0 Å². The van der Waals surface area contributed by atoms with Gasteiger partial charge in [-0.2, -0.15) is 0 Å². The van der Waals surface area contributed by atoms with Crippen molar-refractivity contribution in [1.29, 1.82) is 0 Å². The molecule has 2 N–H and O–H groups in total. The summed E-state index contributed by atoms with van der Waals surface area (Å²) in [6, 6.07) is 1.16. The highest BCUT2D eigenvalue weighted by Gasteiger charge is 2.19. The summed E-state index contributed by atoms with van der Waals surface area (Å²) in [7, 11) is 4.51. The zero-order valence-electron chi connectivity index (χ0n) is 12.9. The maximum Gasteiger partial charge on any atom is 0.0104 e. The van der Waals surface area contributed by atoms with Gasteiger partial charge in [-0.25, -0.2) is 0 Å². The van der Waals surface area contributed by atoms with Crippen LogP contribution in [-0.4, -0.2) is 55.6 Å². The summed E-state index contributed by atoms with van der Waals surface area (Å²) >= 11 is 0. The van der Waals surface area contributed by atoms with Gasteiger partial charge in [0.2, 0.25) is 0 Å². The first-order chi connectivity index (χ1) is 8.50. The second kappa shape index (κ2) is 8.13. The van der Waals surface area contributed by atoms with E-state index in [9.17, 15) is 0 Å². The molecular weight excluding hydrogens is 222 g/mol. The largest absolute Gasteiger partial charge is 0.327 e. The lowest BCUT2D eigenvalue weighted by Gasteiger charge is -2.33. The number of hydrogen-bond acceptors (Lipinski definition) is 3. The Hall–Kier alpha value is -0.120. The molecule has 1 fully saturated rings. The number of hydrogen-bond donors (Lipinski definition) is 1. The summed E-state index contributed by atoms with van der Waals surface area (Å²) < 4.78 is 0. The summed E-state index contributed by atoms with van der Waals surface area (Å²) in [5, 5.41) is 0. The lowest BCUT2D eigenvalue weighted by Crippen LogP contribution is -2.39. The van der Waals surface area contributed by atoms with Crippen LogP contribution < -0.4 is 5.73 Å². The fourth-order valence-electron chi connectivity index (χ4n) is 2.69. The number of nitrogens with zero attached hydrogens (tertiary/aromatic N) is 2. The van der Waals surface area contributed by atoms with Gasteiger partial charge in [0.15, 0.2) is 0 Å². The van der Waals surface area contributed by atoms with Gasteiger partial charge in [0.1, 0.15) is 0 Å². The van der Waals surface area contributed by atoms with Gasteiger partial charge in [0.25, 0.3) is 0 Å². The maximum absolute atomic E-state index is 6.09. The summed E-state index contributed by atoms with van der Waals surface area (Å²) in [4.78, 5) is 4.99. The zero-order chi connectivity index (χ0) is 13.5. The molecule has 1 heterocycles. The van der Waals surface area contributed by atoms with Crippen LogP contribution in [0.1, 0.15) is 46.0 Å². The molecule has 0 saturated carbocycles. The van der Waals surface area contributed by atoms with Crippen LogP contribution in [0.3, 0.4) is 0 Å². The van der Waals surface area contributed by atoms with E-state index in [1.54, 1.807) is 0 Å². The molecule has 18 heavy (non-hydrogen) atoms. The summed E-state index contributed by atoms with van der Waals surface area (Å²) in [5.41, 5.74) is 6.09. The van der Waals surface area contributed by atoms with Crippen LogP contribution in [0.15, 0.2) is 0 Å². The van der Waals surface area contributed by atoms with Crippen molar-refractivity contribution in [2.24, 2.45) is 11.7 Å². The van der Waals surface area contributed by atoms with E-state index in [0.717, 1.165) is 19.0 Å². The van der Waals surface area contributed by atoms with E-state index in [2.05, 4.69) is 37.7 Å². The quantitative estimate of drug-likeness (QED) is 0.757. The van der Waals surface area contributed by atoms with Crippen molar-refractivity contribution in [3.8, 4) is 0 Å². The highest BCUT2D eigenvalue weighted by Crippen LogP contribution is 2.17. The van der Waals surface area contributed by atoms with E-state index < -0.39 is 0 Å². The first-order valence-electron chi connectivity index (χ1n) is 7.65. The average molecular weight is 255 g/mol. The SMILES string of the molecule is CC(C)C(N)CCN(C)CCC1CCCCN1C. The number of rotatable bonds is 7. The Morgan fingerprint density at radius 2 is 2.00 bits per heavy atom. The molecule has 3 nitrogen and oxygen atoms in total. The molecular formula is C15H33N3. The Labute approximate surface area is 114 Å². The van der Waals surface area contributed by atoms with E-state index in [1.165, 1.54) is 38.8 Å². The normalized spacial score (nSPS) is 23.8. The van der Waals surface area contributed by atoms with Crippen molar-refractivity contribution in [3.63, 3.8) is 0 Å². The molecule has 0 aromatic carbocycles.